The van der Waals surface area contributed by atoms with Crippen LogP contribution in [0.25, 0.3) is 0 Å². The van der Waals surface area contributed by atoms with E-state index in [1.165, 1.54) is 0 Å². The minimum Gasteiger partial charge on any atom is -0.492 e. The number of aliphatic carboxylic acids is 1. The summed E-state index contributed by atoms with van der Waals surface area (Å²) in [7, 11) is 1.05. The molecule has 1 aromatic rings. The first-order chi connectivity index (χ1) is 9.14. The molecule has 1 N–H and O–H groups in total. The van der Waals surface area contributed by atoms with Gasteiger partial charge in [0.2, 0.25) is 11.4 Å². The minimum absolute atomic E-state index is 0.364. The van der Waals surface area contributed by atoms with Crippen LogP contribution in [0.4, 0.5) is 19.0 Å². The maximum Gasteiger partial charge on any atom is 0.573 e. The predicted octanol–water partition coefficient (Wildman–Crippen LogP) is 1.52. The van der Waals surface area contributed by atoms with E-state index in [1.54, 1.807) is 0 Å². The third-order valence-electron chi connectivity index (χ3n) is 1.95. The van der Waals surface area contributed by atoms with Gasteiger partial charge in [0.1, 0.15) is 6.42 Å². The molecule has 0 fully saturated rings. The fourth-order valence-corrected chi connectivity index (χ4v) is 1.28. The zero-order valence-electron chi connectivity index (χ0n) is 9.80. The second kappa shape index (κ2) is 5.59. The van der Waals surface area contributed by atoms with Crippen molar-refractivity contribution in [2.45, 2.75) is 12.8 Å². The van der Waals surface area contributed by atoms with E-state index in [0.29, 0.717) is 6.07 Å². The first-order valence-electron chi connectivity index (χ1n) is 4.84. The number of hydrogen-bond acceptors (Lipinski definition) is 6. The Morgan fingerprint density at radius 3 is 2.50 bits per heavy atom. The van der Waals surface area contributed by atoms with Gasteiger partial charge in [0.25, 0.3) is 0 Å². The molecule has 0 unspecified atom stereocenters. The number of ether oxygens (including phenoxy) is 2. The number of rotatable bonds is 5. The highest BCUT2D eigenvalue weighted by Crippen LogP contribution is 2.35. The average Bonchev–Trinajstić information content (AvgIpc) is 2.27. The van der Waals surface area contributed by atoms with Crippen molar-refractivity contribution in [3.63, 3.8) is 0 Å². The van der Waals surface area contributed by atoms with Gasteiger partial charge in [0.15, 0.2) is 5.75 Å². The predicted molar refractivity (Wildman–Crippen MR) is 55.5 cm³/mol. The first-order valence-corrected chi connectivity index (χ1v) is 4.84. The summed E-state index contributed by atoms with van der Waals surface area (Å²) >= 11 is 0. The number of pyridine rings is 1. The molecule has 0 amide bonds. The number of carboxylic acids is 1. The summed E-state index contributed by atoms with van der Waals surface area (Å²) in [5, 5.41) is 19.2. The Kier molecular flexibility index (Phi) is 4.32. The van der Waals surface area contributed by atoms with Crippen LogP contribution in [0.15, 0.2) is 6.07 Å². The number of carbonyl (C=O) groups is 1. The lowest BCUT2D eigenvalue weighted by Gasteiger charge is -2.10. The number of aromatic nitrogens is 1. The Morgan fingerprint density at radius 1 is 1.50 bits per heavy atom. The first kappa shape index (κ1) is 15.5. The van der Waals surface area contributed by atoms with Gasteiger partial charge in [-0.05, 0) is 9.91 Å². The Morgan fingerprint density at radius 2 is 2.10 bits per heavy atom. The third kappa shape index (κ3) is 3.96. The molecule has 0 saturated carbocycles. The molecular weight excluding hydrogens is 289 g/mol. The lowest BCUT2D eigenvalue weighted by Crippen LogP contribution is -2.19. The molecule has 0 aliphatic carbocycles. The zero-order chi connectivity index (χ0) is 15.5. The Hall–Kier alpha value is -2.59. The van der Waals surface area contributed by atoms with Crippen molar-refractivity contribution in [1.82, 2.24) is 4.98 Å². The molecule has 110 valence electrons. The smallest absolute Gasteiger partial charge is 0.492 e. The third-order valence-corrected chi connectivity index (χ3v) is 1.95. The summed E-state index contributed by atoms with van der Waals surface area (Å²) in [4.78, 5) is 23.2. The quantitative estimate of drug-likeness (QED) is 0.647. The van der Waals surface area contributed by atoms with Crippen molar-refractivity contribution in [1.29, 1.82) is 0 Å². The fourth-order valence-electron chi connectivity index (χ4n) is 1.28. The molecular formula is C9H7F3N2O6. The largest absolute Gasteiger partial charge is 0.573 e. The van der Waals surface area contributed by atoms with E-state index < -0.39 is 35.2 Å². The van der Waals surface area contributed by atoms with Crippen LogP contribution >= 0.6 is 0 Å². The van der Waals surface area contributed by atoms with Crippen molar-refractivity contribution in [2.24, 2.45) is 0 Å². The number of hydrogen-bond donors (Lipinski definition) is 1. The molecule has 0 radical (unpaired) electrons. The number of alkyl halides is 3. The topological polar surface area (TPSA) is 112 Å². The molecule has 20 heavy (non-hydrogen) atoms. The summed E-state index contributed by atoms with van der Waals surface area (Å²) in [6, 6.07) is 0.566. The molecule has 1 aromatic heterocycles. The van der Waals surface area contributed by atoms with Gasteiger partial charge in [-0.2, -0.15) is 0 Å². The van der Waals surface area contributed by atoms with Gasteiger partial charge in [-0.25, -0.2) is 0 Å². The molecule has 8 nitrogen and oxygen atoms in total. The zero-order valence-corrected chi connectivity index (χ0v) is 9.80. The summed E-state index contributed by atoms with van der Waals surface area (Å²) in [6.45, 7) is 0. The molecule has 0 bridgehead atoms. The lowest BCUT2D eigenvalue weighted by atomic mass is 10.2. The molecule has 0 aliphatic rings. The van der Waals surface area contributed by atoms with E-state index >= 15 is 0 Å². The van der Waals surface area contributed by atoms with E-state index in [-0.39, 0.29) is 11.4 Å². The van der Waals surface area contributed by atoms with E-state index in [1.807, 2.05) is 0 Å². The van der Waals surface area contributed by atoms with E-state index in [9.17, 15) is 28.1 Å². The summed E-state index contributed by atoms with van der Waals surface area (Å²) in [5.74, 6) is -4.18. The molecule has 11 heteroatoms. The highest BCUT2D eigenvalue weighted by atomic mass is 19.4. The Bertz CT molecular complexity index is 545. The molecule has 0 aromatic carbocycles. The van der Waals surface area contributed by atoms with Gasteiger partial charge in [-0.3, -0.25) is 4.79 Å². The van der Waals surface area contributed by atoms with Gasteiger partial charge in [-0.15, -0.1) is 13.2 Å². The Labute approximate surface area is 108 Å². The summed E-state index contributed by atoms with van der Waals surface area (Å²) in [6.07, 6.45) is -5.91. The number of halogens is 3. The standard InChI is InChI=1S/C9H7F3N2O6/c1-19-5-3-6(20-9(10,11)12)8(14(17)18)13-4(5)2-7(15)16/h3H,2H2,1H3,(H,15,16). The summed E-state index contributed by atoms with van der Waals surface area (Å²) < 4.78 is 44.5. The average molecular weight is 296 g/mol. The molecule has 1 heterocycles. The molecule has 1 rings (SSSR count). The number of methoxy groups -OCH3 is 1. The normalized spacial score (nSPS) is 11.0. The van der Waals surface area contributed by atoms with Crippen LogP contribution in [-0.2, 0) is 11.2 Å². The van der Waals surface area contributed by atoms with Crippen molar-refractivity contribution < 1.29 is 37.5 Å². The van der Waals surface area contributed by atoms with Crippen molar-refractivity contribution >= 4 is 11.8 Å². The summed E-state index contributed by atoms with van der Waals surface area (Å²) in [5.41, 5.74) is -0.388. The molecule has 0 saturated heterocycles. The molecule has 0 atom stereocenters. The van der Waals surface area contributed by atoms with Crippen molar-refractivity contribution in [3.05, 3.63) is 21.9 Å². The molecule has 0 spiro atoms. The van der Waals surface area contributed by atoms with E-state index in [4.69, 9.17) is 5.11 Å². The highest BCUT2D eigenvalue weighted by Gasteiger charge is 2.36. The Balaban J connectivity index is 3.37. The van der Waals surface area contributed by atoms with Crippen LogP contribution in [0.3, 0.4) is 0 Å². The van der Waals surface area contributed by atoms with Gasteiger partial charge in [0, 0.05) is 6.07 Å². The van der Waals surface area contributed by atoms with Crippen LogP contribution in [0.5, 0.6) is 11.5 Å². The fraction of sp³-hybridized carbons (Fsp3) is 0.333. The van der Waals surface area contributed by atoms with Gasteiger partial charge in [-0.1, -0.05) is 0 Å². The maximum absolute atomic E-state index is 12.1. The second-order valence-corrected chi connectivity index (χ2v) is 3.33. The maximum atomic E-state index is 12.1. The van der Waals surface area contributed by atoms with Gasteiger partial charge >= 0.3 is 18.1 Å². The number of nitro groups is 1. The van der Waals surface area contributed by atoms with E-state index in [2.05, 4.69) is 14.5 Å². The molecule has 0 aliphatic heterocycles. The van der Waals surface area contributed by atoms with Gasteiger partial charge < -0.3 is 24.7 Å². The SMILES string of the molecule is COc1cc(OC(F)(F)F)c([N+](=O)[O-])nc1CC(=O)O. The van der Waals surface area contributed by atoms with E-state index in [0.717, 1.165) is 7.11 Å². The number of nitrogens with zero attached hydrogens (tertiary/aromatic N) is 2. The van der Waals surface area contributed by atoms with Crippen LogP contribution in [0.1, 0.15) is 5.69 Å². The van der Waals surface area contributed by atoms with Crippen LogP contribution in [-0.4, -0.2) is 34.5 Å². The van der Waals surface area contributed by atoms with Crippen molar-refractivity contribution in [3.8, 4) is 11.5 Å². The highest BCUT2D eigenvalue weighted by molar-refractivity contribution is 5.71. The van der Waals surface area contributed by atoms with Crippen LogP contribution < -0.4 is 9.47 Å². The lowest BCUT2D eigenvalue weighted by molar-refractivity contribution is -0.393. The van der Waals surface area contributed by atoms with Crippen molar-refractivity contribution in [2.75, 3.05) is 7.11 Å². The minimum atomic E-state index is -5.16. The number of carboxylic acid groups (broad SMARTS) is 1. The van der Waals surface area contributed by atoms with Crippen LogP contribution in [0, 0.1) is 10.1 Å². The second-order valence-electron chi connectivity index (χ2n) is 3.33. The van der Waals surface area contributed by atoms with Crippen LogP contribution in [0.2, 0.25) is 0 Å². The van der Waals surface area contributed by atoms with Gasteiger partial charge in [0.05, 0.1) is 7.11 Å². The monoisotopic (exact) mass is 296 g/mol.